The molecule has 8 rings (SSSR count). The highest BCUT2D eigenvalue weighted by Crippen LogP contribution is 2.32. The zero-order valence-corrected chi connectivity index (χ0v) is 48.4. The maximum absolute atomic E-state index is 14.8. The van der Waals surface area contributed by atoms with Crippen LogP contribution in [0.1, 0.15) is 143 Å². The summed E-state index contributed by atoms with van der Waals surface area (Å²) in [5.74, 6) is -1.32. The van der Waals surface area contributed by atoms with E-state index in [0.717, 1.165) is 86.5 Å². The summed E-state index contributed by atoms with van der Waals surface area (Å²) in [5.41, 5.74) is 4.79. The van der Waals surface area contributed by atoms with Crippen LogP contribution in [0, 0.1) is 17.8 Å². The minimum Gasteiger partial charge on any atom is -0.393 e. The number of likely N-dealkylation sites (tertiary alicyclic amines) is 2. The number of rotatable bonds is 22. The average Bonchev–Trinajstić information content (AvgIpc) is 3.50. The number of piperidine rings is 2. The minimum atomic E-state index is -0.701. The number of aliphatic hydroxyl groups is 2. The van der Waals surface area contributed by atoms with Crippen LogP contribution in [-0.2, 0) is 32.0 Å². The van der Waals surface area contributed by atoms with Crippen LogP contribution in [0.4, 0.5) is 0 Å². The van der Waals surface area contributed by atoms with Gasteiger partial charge in [0.05, 0.1) is 30.3 Å². The van der Waals surface area contributed by atoms with Gasteiger partial charge in [0.15, 0.2) is 0 Å². The van der Waals surface area contributed by atoms with E-state index in [9.17, 15) is 39.0 Å². The van der Waals surface area contributed by atoms with Crippen LogP contribution in [0.15, 0.2) is 109 Å². The molecule has 15 nitrogen and oxygen atoms in total. The highest BCUT2D eigenvalue weighted by atomic mass is 16.3. The van der Waals surface area contributed by atoms with Crippen molar-refractivity contribution in [2.24, 2.45) is 17.8 Å². The van der Waals surface area contributed by atoms with Gasteiger partial charge in [0, 0.05) is 56.3 Å². The van der Waals surface area contributed by atoms with Gasteiger partial charge in [-0.15, -0.1) is 0 Å². The van der Waals surface area contributed by atoms with E-state index in [1.54, 1.807) is 23.8 Å². The zero-order valence-electron chi connectivity index (χ0n) is 48.4. The quantitative estimate of drug-likeness (QED) is 0.0522. The molecule has 0 spiro atoms. The summed E-state index contributed by atoms with van der Waals surface area (Å²) >= 11 is 0. The highest BCUT2D eigenvalue weighted by Gasteiger charge is 2.42. The number of carbonyl (C=O) groups is 6. The van der Waals surface area contributed by atoms with Crippen LogP contribution in [0.2, 0.25) is 0 Å². The minimum absolute atomic E-state index is 0.000740. The fourth-order valence-electron chi connectivity index (χ4n) is 12.6. The van der Waals surface area contributed by atoms with Crippen LogP contribution in [0.5, 0.6) is 0 Å². The third-order valence-electron chi connectivity index (χ3n) is 17.7. The molecule has 0 radical (unpaired) electrons. The molecule has 436 valence electrons. The number of likely N-dealkylation sites (N-methyl/N-ethyl adjacent to an activating group) is 1. The first-order chi connectivity index (χ1) is 39.2. The molecule has 2 saturated heterocycles. The van der Waals surface area contributed by atoms with Crippen LogP contribution >= 0.6 is 0 Å². The Labute approximate surface area is 480 Å². The van der Waals surface area contributed by atoms with Gasteiger partial charge in [-0.05, 0) is 137 Å². The molecular formula is C66H89N7O8. The molecule has 4 aromatic carbocycles. The molecule has 4 fully saturated rings. The molecular weight excluding hydrogens is 1020 g/mol. The van der Waals surface area contributed by atoms with E-state index in [4.69, 9.17) is 0 Å². The molecule has 7 atom stereocenters. The summed E-state index contributed by atoms with van der Waals surface area (Å²) < 4.78 is 0. The molecule has 0 aromatic heterocycles. The molecule has 6 amide bonds. The van der Waals surface area contributed by atoms with Crippen molar-refractivity contribution in [3.63, 3.8) is 0 Å². The second kappa shape index (κ2) is 29.5. The predicted molar refractivity (Wildman–Crippen MR) is 316 cm³/mol. The largest absolute Gasteiger partial charge is 0.393 e. The molecule has 81 heavy (non-hydrogen) atoms. The topological polar surface area (TPSA) is 192 Å². The van der Waals surface area contributed by atoms with Crippen molar-refractivity contribution in [3.8, 4) is 11.1 Å². The average molecular weight is 1110 g/mol. The summed E-state index contributed by atoms with van der Waals surface area (Å²) in [6, 6.07) is 32.0. The molecule has 0 unspecified atom stereocenters. The van der Waals surface area contributed by atoms with Gasteiger partial charge in [-0.2, -0.15) is 0 Å². The third kappa shape index (κ3) is 16.4. The van der Waals surface area contributed by atoms with Crippen LogP contribution in [0.3, 0.4) is 0 Å². The molecule has 4 aromatic rings. The normalized spacial score (nSPS) is 21.1. The standard InChI is InChI=1S/C66H89N7O8/c1-45(2)61(76)68-59(51-21-13-7-14-22-51)65(80)72-39-35-57(74)41-55(72)43-70(37-33-47-17-9-5-10-18-47)63(78)53-29-25-49(26-30-53)50-27-31-54(32-28-50)64(79)71(38-34-48-19-11-6-12-20-48)44-56-42-58(75)36-40-73(56)66(81)60(52-23-15-8-16-24-52)69-62(77)46(3)67-4/h5-6,9-12,17-20,25-32,45-46,51-52,55-60,67,74-75H,7-8,13-16,21-24,33-44H2,1-4H3,(H,68,76)(H,69,77)/t46-,55-,56-,57+,58+,59-,60-/m0/s1. The van der Waals surface area contributed by atoms with Gasteiger partial charge in [-0.1, -0.05) is 137 Å². The molecule has 2 aliphatic carbocycles. The SMILES string of the molecule is CN[C@@H](C)C(=O)N[C@H](C(=O)N1CC[C@@H](O)C[C@H]1CN(CCc1ccccc1)C(=O)c1ccc(-c2ccc(C(=O)N(CCc3ccccc3)C[C@@H]3C[C@H](O)CCN3C(=O)[C@@H](NC(=O)C(C)C)C3CCCCC3)cc2)cc1)C1CCCCC1. The lowest BCUT2D eigenvalue weighted by Crippen LogP contribution is -2.61. The van der Waals surface area contributed by atoms with E-state index in [0.29, 0.717) is 75.8 Å². The van der Waals surface area contributed by atoms with Crippen molar-refractivity contribution in [2.45, 2.75) is 166 Å². The monoisotopic (exact) mass is 1110 g/mol. The Morgan fingerprint density at radius 3 is 1.27 bits per heavy atom. The van der Waals surface area contributed by atoms with E-state index in [-0.39, 0.29) is 66.3 Å². The molecule has 0 bridgehead atoms. The van der Waals surface area contributed by atoms with Crippen LogP contribution in [0.25, 0.3) is 11.1 Å². The lowest BCUT2D eigenvalue weighted by molar-refractivity contribution is -0.144. The van der Waals surface area contributed by atoms with Gasteiger partial charge in [0.25, 0.3) is 11.8 Å². The zero-order chi connectivity index (χ0) is 57.4. The van der Waals surface area contributed by atoms with Crippen molar-refractivity contribution < 1.29 is 39.0 Å². The van der Waals surface area contributed by atoms with E-state index in [2.05, 4.69) is 16.0 Å². The fourth-order valence-corrected chi connectivity index (χ4v) is 12.6. The molecule has 2 saturated carbocycles. The maximum atomic E-state index is 14.8. The van der Waals surface area contributed by atoms with Crippen molar-refractivity contribution >= 4 is 35.4 Å². The Balaban J connectivity index is 1.00. The van der Waals surface area contributed by atoms with Gasteiger partial charge >= 0.3 is 0 Å². The predicted octanol–water partition coefficient (Wildman–Crippen LogP) is 7.82. The second-order valence-corrected chi connectivity index (χ2v) is 23.8. The maximum Gasteiger partial charge on any atom is 0.253 e. The smallest absolute Gasteiger partial charge is 0.253 e. The summed E-state index contributed by atoms with van der Waals surface area (Å²) in [5, 5.41) is 31.4. The lowest BCUT2D eigenvalue weighted by atomic mass is 9.82. The highest BCUT2D eigenvalue weighted by molar-refractivity contribution is 5.96. The number of hydrogen-bond donors (Lipinski definition) is 5. The summed E-state index contributed by atoms with van der Waals surface area (Å²) in [6.07, 6.45) is 11.0. The molecule has 2 heterocycles. The second-order valence-electron chi connectivity index (χ2n) is 23.8. The van der Waals surface area contributed by atoms with Gasteiger partial charge in [-0.3, -0.25) is 28.8 Å². The van der Waals surface area contributed by atoms with E-state index in [1.165, 1.54) is 0 Å². The van der Waals surface area contributed by atoms with Crippen molar-refractivity contribution in [3.05, 3.63) is 131 Å². The Morgan fingerprint density at radius 2 is 0.901 bits per heavy atom. The summed E-state index contributed by atoms with van der Waals surface area (Å²) in [7, 11) is 1.72. The molecule has 2 aliphatic heterocycles. The number of nitrogens with zero attached hydrogens (tertiary/aromatic N) is 4. The van der Waals surface area contributed by atoms with Gasteiger partial charge < -0.3 is 45.8 Å². The number of carbonyl (C=O) groups excluding carboxylic acids is 6. The number of nitrogens with one attached hydrogen (secondary N) is 3. The fraction of sp³-hybridized carbons (Fsp3) is 0.545. The third-order valence-corrected chi connectivity index (χ3v) is 17.7. The Morgan fingerprint density at radius 1 is 0.519 bits per heavy atom. The first kappa shape index (κ1) is 60.7. The van der Waals surface area contributed by atoms with Crippen molar-refractivity contribution in [2.75, 3.05) is 46.3 Å². The van der Waals surface area contributed by atoms with Crippen LogP contribution in [-0.4, -0.2) is 154 Å². The summed E-state index contributed by atoms with van der Waals surface area (Å²) in [6.45, 7) is 7.29. The van der Waals surface area contributed by atoms with Gasteiger partial charge in [0.1, 0.15) is 12.1 Å². The molecule has 4 aliphatic rings. The van der Waals surface area contributed by atoms with Crippen LogP contribution < -0.4 is 16.0 Å². The Kier molecular flexibility index (Phi) is 22.1. The van der Waals surface area contributed by atoms with Crippen molar-refractivity contribution in [1.82, 2.24) is 35.6 Å². The van der Waals surface area contributed by atoms with Crippen molar-refractivity contribution in [1.29, 1.82) is 0 Å². The lowest BCUT2D eigenvalue weighted by Gasteiger charge is -2.43. The van der Waals surface area contributed by atoms with E-state index < -0.39 is 42.4 Å². The first-order valence-electron chi connectivity index (χ1n) is 30.3. The number of aliphatic hydroxyl groups excluding tert-OH is 2. The number of hydrogen-bond acceptors (Lipinski definition) is 9. The number of benzene rings is 4. The van der Waals surface area contributed by atoms with Gasteiger partial charge in [0.2, 0.25) is 23.6 Å². The first-order valence-corrected chi connectivity index (χ1v) is 30.3. The molecule has 15 heteroatoms. The Bertz CT molecular complexity index is 2680. The van der Waals surface area contributed by atoms with E-state index in [1.807, 2.05) is 133 Å². The Hall–Kier alpha value is -6.42. The molecule has 5 N–H and O–H groups in total. The van der Waals surface area contributed by atoms with E-state index >= 15 is 0 Å². The van der Waals surface area contributed by atoms with Gasteiger partial charge in [-0.25, -0.2) is 0 Å². The number of amides is 6. The summed E-state index contributed by atoms with van der Waals surface area (Å²) in [4.78, 5) is 92.9.